The van der Waals surface area contributed by atoms with Gasteiger partial charge in [0, 0.05) is 33.2 Å². The predicted molar refractivity (Wildman–Crippen MR) is 67.8 cm³/mol. The monoisotopic (exact) mass is 274 g/mol. The largest absolute Gasteiger partial charge is 0.480 e. The fourth-order valence-corrected chi connectivity index (χ4v) is 2.05. The number of hydrogen-bond acceptors (Lipinski definition) is 4. The van der Waals surface area contributed by atoms with Gasteiger partial charge in [0.2, 0.25) is 0 Å². The van der Waals surface area contributed by atoms with E-state index in [0.29, 0.717) is 19.5 Å². The van der Waals surface area contributed by atoms with E-state index in [-0.39, 0.29) is 18.9 Å². The number of carbonyl (C=O) groups excluding carboxylic acids is 1. The number of nitrogens with zero attached hydrogens (tertiary/aromatic N) is 1. The fourth-order valence-electron chi connectivity index (χ4n) is 2.05. The molecule has 3 atom stereocenters. The summed E-state index contributed by atoms with van der Waals surface area (Å²) in [6.45, 7) is 3.01. The number of ether oxygens (including phenoxy) is 1. The van der Waals surface area contributed by atoms with E-state index in [0.717, 1.165) is 0 Å². The van der Waals surface area contributed by atoms with Crippen molar-refractivity contribution in [2.24, 2.45) is 5.92 Å². The summed E-state index contributed by atoms with van der Waals surface area (Å²) < 4.78 is 4.82. The van der Waals surface area contributed by atoms with E-state index in [2.05, 4.69) is 5.32 Å². The van der Waals surface area contributed by atoms with Crippen molar-refractivity contribution >= 4 is 12.0 Å². The zero-order chi connectivity index (χ0) is 14.4. The molecule has 1 rings (SSSR count). The number of hydrogen-bond donors (Lipinski definition) is 3. The Morgan fingerprint density at radius 2 is 2.21 bits per heavy atom. The first-order valence-corrected chi connectivity index (χ1v) is 6.41. The quantitative estimate of drug-likeness (QED) is 0.649. The minimum atomic E-state index is -1.07. The Bertz CT molecular complexity index is 323. The van der Waals surface area contributed by atoms with Gasteiger partial charge in [-0.15, -0.1) is 0 Å². The van der Waals surface area contributed by atoms with Gasteiger partial charge in [-0.2, -0.15) is 0 Å². The van der Waals surface area contributed by atoms with Crippen LogP contribution in [0.15, 0.2) is 0 Å². The van der Waals surface area contributed by atoms with Crippen molar-refractivity contribution in [2.45, 2.75) is 31.9 Å². The fraction of sp³-hybridized carbons (Fsp3) is 0.833. The van der Waals surface area contributed by atoms with Crippen molar-refractivity contribution in [3.63, 3.8) is 0 Å². The highest BCUT2D eigenvalue weighted by Gasteiger charge is 2.29. The van der Waals surface area contributed by atoms with Gasteiger partial charge in [-0.05, 0) is 12.3 Å². The van der Waals surface area contributed by atoms with Gasteiger partial charge >= 0.3 is 12.0 Å². The molecule has 1 aliphatic heterocycles. The van der Waals surface area contributed by atoms with Gasteiger partial charge in [-0.25, -0.2) is 9.59 Å². The van der Waals surface area contributed by atoms with Gasteiger partial charge in [0.05, 0.1) is 6.10 Å². The zero-order valence-electron chi connectivity index (χ0n) is 11.3. The number of rotatable bonds is 5. The number of methoxy groups -OCH3 is 1. The average molecular weight is 274 g/mol. The van der Waals surface area contributed by atoms with E-state index < -0.39 is 24.1 Å². The van der Waals surface area contributed by atoms with Crippen LogP contribution in [0.2, 0.25) is 0 Å². The minimum absolute atomic E-state index is 0.00162. The lowest BCUT2D eigenvalue weighted by molar-refractivity contribution is -0.139. The van der Waals surface area contributed by atoms with Crippen LogP contribution in [0.4, 0.5) is 4.79 Å². The molecular weight excluding hydrogens is 252 g/mol. The number of urea groups is 1. The maximum Gasteiger partial charge on any atom is 0.326 e. The SMILES string of the molecule is COCCC(NC(=O)N1CCC(O)C(C)C1)C(=O)O. The Labute approximate surface area is 112 Å². The number of aliphatic hydroxyl groups excluding tert-OH is 1. The molecule has 19 heavy (non-hydrogen) atoms. The zero-order valence-corrected chi connectivity index (χ0v) is 11.3. The first-order chi connectivity index (χ1) is 8.95. The Morgan fingerprint density at radius 3 is 2.74 bits per heavy atom. The van der Waals surface area contributed by atoms with Crippen molar-refractivity contribution in [3.05, 3.63) is 0 Å². The number of likely N-dealkylation sites (tertiary alicyclic amines) is 1. The summed E-state index contributed by atoms with van der Waals surface area (Å²) >= 11 is 0. The van der Waals surface area contributed by atoms with Gasteiger partial charge in [0.15, 0.2) is 0 Å². The van der Waals surface area contributed by atoms with Crippen LogP contribution in [-0.4, -0.2) is 66.1 Å². The second kappa shape index (κ2) is 7.30. The molecule has 0 radical (unpaired) electrons. The summed E-state index contributed by atoms with van der Waals surface area (Å²) in [5.74, 6) is -1.07. The molecule has 7 nitrogen and oxygen atoms in total. The molecule has 7 heteroatoms. The lowest BCUT2D eigenvalue weighted by Gasteiger charge is -2.34. The first kappa shape index (κ1) is 15.7. The molecule has 0 bridgehead atoms. The first-order valence-electron chi connectivity index (χ1n) is 6.41. The summed E-state index contributed by atoms with van der Waals surface area (Å²) in [6, 6.07) is -1.35. The molecule has 0 aromatic heterocycles. The van der Waals surface area contributed by atoms with Gasteiger partial charge in [-0.1, -0.05) is 6.92 Å². The van der Waals surface area contributed by atoms with Gasteiger partial charge in [0.1, 0.15) is 6.04 Å². The lowest BCUT2D eigenvalue weighted by atomic mass is 9.97. The Balaban J connectivity index is 2.50. The maximum atomic E-state index is 12.0. The molecule has 1 aliphatic rings. The minimum Gasteiger partial charge on any atom is -0.480 e. The molecule has 0 aliphatic carbocycles. The molecule has 0 spiro atoms. The number of piperidine rings is 1. The van der Waals surface area contributed by atoms with E-state index >= 15 is 0 Å². The smallest absolute Gasteiger partial charge is 0.326 e. The van der Waals surface area contributed by atoms with Crippen LogP contribution in [0.25, 0.3) is 0 Å². The van der Waals surface area contributed by atoms with Crippen LogP contribution in [-0.2, 0) is 9.53 Å². The molecule has 110 valence electrons. The predicted octanol–water partition coefficient (Wildman–Crippen LogP) is -0.112. The van der Waals surface area contributed by atoms with Crippen LogP contribution in [0.5, 0.6) is 0 Å². The highest BCUT2D eigenvalue weighted by Crippen LogP contribution is 2.16. The molecule has 0 aromatic rings. The van der Waals surface area contributed by atoms with Gasteiger partial charge in [0.25, 0.3) is 0 Å². The number of carboxylic acid groups (broad SMARTS) is 1. The van der Waals surface area contributed by atoms with Crippen LogP contribution in [0.1, 0.15) is 19.8 Å². The number of nitrogens with one attached hydrogen (secondary N) is 1. The van der Waals surface area contributed by atoms with Gasteiger partial charge in [-0.3, -0.25) is 0 Å². The number of carbonyl (C=O) groups is 2. The number of aliphatic carboxylic acids is 1. The average Bonchev–Trinajstić information content (AvgIpc) is 2.37. The highest BCUT2D eigenvalue weighted by atomic mass is 16.5. The van der Waals surface area contributed by atoms with E-state index in [1.54, 1.807) is 4.90 Å². The summed E-state index contributed by atoms with van der Waals surface area (Å²) in [6.07, 6.45) is 0.348. The lowest BCUT2D eigenvalue weighted by Crippen LogP contribution is -2.53. The second-order valence-corrected chi connectivity index (χ2v) is 4.90. The van der Waals surface area contributed by atoms with E-state index in [4.69, 9.17) is 9.84 Å². The topological polar surface area (TPSA) is 99.1 Å². The molecule has 3 unspecified atom stereocenters. The van der Waals surface area contributed by atoms with Crippen LogP contribution < -0.4 is 5.32 Å². The van der Waals surface area contributed by atoms with Crippen molar-refractivity contribution in [1.29, 1.82) is 0 Å². The molecule has 1 saturated heterocycles. The second-order valence-electron chi connectivity index (χ2n) is 4.90. The molecule has 1 fully saturated rings. The summed E-state index contributed by atoms with van der Waals surface area (Å²) in [5, 5.41) is 21.1. The van der Waals surface area contributed by atoms with Crippen molar-refractivity contribution in [2.75, 3.05) is 26.8 Å². The van der Waals surface area contributed by atoms with E-state index in [9.17, 15) is 14.7 Å². The Kier molecular flexibility index (Phi) is 6.04. The Hall–Kier alpha value is -1.34. The third-order valence-corrected chi connectivity index (χ3v) is 3.35. The number of amides is 2. The summed E-state index contributed by atoms with van der Waals surface area (Å²) in [5.41, 5.74) is 0. The number of aliphatic hydroxyl groups is 1. The van der Waals surface area contributed by atoms with Crippen LogP contribution in [0, 0.1) is 5.92 Å². The molecule has 2 amide bonds. The summed E-state index contributed by atoms with van der Waals surface area (Å²) in [7, 11) is 1.48. The standard InChI is InChI=1S/C12H22N2O5/c1-8-7-14(5-3-10(8)15)12(18)13-9(11(16)17)4-6-19-2/h8-10,15H,3-7H2,1-2H3,(H,13,18)(H,16,17). The van der Waals surface area contributed by atoms with Crippen LogP contribution in [0.3, 0.4) is 0 Å². The van der Waals surface area contributed by atoms with Crippen molar-refractivity contribution < 1.29 is 24.5 Å². The van der Waals surface area contributed by atoms with E-state index in [1.165, 1.54) is 7.11 Å². The molecular formula is C12H22N2O5. The van der Waals surface area contributed by atoms with Gasteiger partial charge < -0.3 is 25.2 Å². The molecule has 1 heterocycles. The number of carboxylic acids is 1. The van der Waals surface area contributed by atoms with Crippen molar-refractivity contribution in [1.82, 2.24) is 10.2 Å². The third-order valence-electron chi connectivity index (χ3n) is 3.35. The maximum absolute atomic E-state index is 12.0. The normalized spacial score (nSPS) is 24.9. The summed E-state index contributed by atoms with van der Waals surface area (Å²) in [4.78, 5) is 24.5. The molecule has 0 saturated carbocycles. The Morgan fingerprint density at radius 1 is 1.53 bits per heavy atom. The molecule has 3 N–H and O–H groups in total. The highest BCUT2D eigenvalue weighted by molar-refractivity contribution is 5.82. The third kappa shape index (κ3) is 4.68. The van der Waals surface area contributed by atoms with Crippen LogP contribution >= 0.6 is 0 Å². The van der Waals surface area contributed by atoms with Crippen molar-refractivity contribution in [3.8, 4) is 0 Å². The molecule has 0 aromatic carbocycles. The van der Waals surface area contributed by atoms with E-state index in [1.807, 2.05) is 6.92 Å².